The zero-order valence-corrected chi connectivity index (χ0v) is 16.1. The van der Waals surface area contributed by atoms with E-state index in [9.17, 15) is 9.90 Å². The summed E-state index contributed by atoms with van der Waals surface area (Å²) in [6, 6.07) is 17.9. The number of aliphatic hydroxyl groups is 1. The van der Waals surface area contributed by atoms with E-state index < -0.39 is 0 Å². The van der Waals surface area contributed by atoms with Crippen molar-refractivity contribution in [1.29, 1.82) is 0 Å². The molecule has 0 aliphatic heterocycles. The molecule has 0 saturated heterocycles. The summed E-state index contributed by atoms with van der Waals surface area (Å²) in [5, 5.41) is 10.5. The second-order valence-electron chi connectivity index (χ2n) is 7.94. The molecule has 0 aromatic heterocycles. The van der Waals surface area contributed by atoms with Gasteiger partial charge in [0.1, 0.15) is 0 Å². The van der Waals surface area contributed by atoms with Crippen LogP contribution < -0.4 is 0 Å². The summed E-state index contributed by atoms with van der Waals surface area (Å²) < 4.78 is 0. The predicted molar refractivity (Wildman–Crippen MR) is 113 cm³/mol. The molecule has 0 spiro atoms. The first-order chi connectivity index (χ1) is 13.5. The Morgan fingerprint density at radius 3 is 2.43 bits per heavy atom. The van der Waals surface area contributed by atoms with Gasteiger partial charge in [0.2, 0.25) is 0 Å². The number of hydrogen-bond acceptors (Lipinski definition) is 2. The van der Waals surface area contributed by atoms with Gasteiger partial charge in [0, 0.05) is 22.1 Å². The van der Waals surface area contributed by atoms with Crippen molar-refractivity contribution in [3.05, 3.63) is 88.5 Å². The van der Waals surface area contributed by atoms with Crippen molar-refractivity contribution in [1.82, 2.24) is 0 Å². The van der Waals surface area contributed by atoms with E-state index >= 15 is 0 Å². The Morgan fingerprint density at radius 2 is 1.71 bits per heavy atom. The Labute approximate surface area is 166 Å². The van der Waals surface area contributed by atoms with E-state index in [1.165, 1.54) is 0 Å². The molecule has 2 aliphatic carbocycles. The highest BCUT2D eigenvalue weighted by molar-refractivity contribution is 6.08. The van der Waals surface area contributed by atoms with E-state index in [0.29, 0.717) is 6.42 Å². The van der Waals surface area contributed by atoms with Crippen molar-refractivity contribution >= 4 is 11.9 Å². The van der Waals surface area contributed by atoms with Crippen LogP contribution in [0.2, 0.25) is 0 Å². The van der Waals surface area contributed by atoms with Gasteiger partial charge in [-0.15, -0.1) is 0 Å². The molecule has 2 atom stereocenters. The molecule has 4 rings (SSSR count). The zero-order valence-electron chi connectivity index (χ0n) is 16.1. The number of aliphatic hydroxyl groups excluding tert-OH is 1. The third-order valence-corrected chi connectivity index (χ3v) is 5.95. The minimum atomic E-state index is -0.375. The van der Waals surface area contributed by atoms with Gasteiger partial charge < -0.3 is 5.11 Å². The first kappa shape index (κ1) is 18.5. The van der Waals surface area contributed by atoms with Gasteiger partial charge in [-0.2, -0.15) is 0 Å². The number of allylic oxidation sites excluding steroid dienone is 2. The molecule has 0 bridgehead atoms. The Hall–Kier alpha value is -2.89. The maximum Gasteiger partial charge on any atom is 0.181 e. The molecule has 28 heavy (non-hydrogen) atoms. The standard InChI is InChI=1S/C26H24O2/c1-26-18-22(24(27)17-23(26)8-5-9-25(26)28)16-21-14-12-20(13-15-21)11-10-19-6-3-2-4-7-19/h2-4,6-7,12-17,25,28H,5,8-9,18H2,1H3/b22-16+/t25-,26-/m0/s1. The predicted octanol–water partition coefficient (Wildman–Crippen LogP) is 4.92. The summed E-state index contributed by atoms with van der Waals surface area (Å²) in [5.41, 5.74) is 4.50. The number of carbonyl (C=O) groups is 1. The molecule has 2 aromatic carbocycles. The summed E-state index contributed by atoms with van der Waals surface area (Å²) in [6.45, 7) is 2.09. The third kappa shape index (κ3) is 3.72. The first-order valence-corrected chi connectivity index (χ1v) is 9.86. The molecule has 2 nitrogen and oxygen atoms in total. The molecule has 1 saturated carbocycles. The largest absolute Gasteiger partial charge is 0.392 e. The van der Waals surface area contributed by atoms with E-state index in [1.54, 1.807) is 6.08 Å². The van der Waals surface area contributed by atoms with Crippen LogP contribution in [0, 0.1) is 17.3 Å². The number of ketones is 1. The van der Waals surface area contributed by atoms with E-state index in [2.05, 4.69) is 18.8 Å². The molecular formula is C26H24O2. The molecule has 0 unspecified atom stereocenters. The van der Waals surface area contributed by atoms with Gasteiger partial charge in [-0.25, -0.2) is 0 Å². The third-order valence-electron chi connectivity index (χ3n) is 5.95. The molecule has 0 radical (unpaired) electrons. The fraction of sp³-hybridized carbons (Fsp3) is 0.269. The van der Waals surface area contributed by atoms with Crippen LogP contribution in [0.3, 0.4) is 0 Å². The number of benzene rings is 2. The lowest BCUT2D eigenvalue weighted by molar-refractivity contribution is -0.112. The van der Waals surface area contributed by atoms with E-state index in [4.69, 9.17) is 0 Å². The lowest BCUT2D eigenvalue weighted by Crippen LogP contribution is -2.40. The molecule has 1 fully saturated rings. The maximum absolute atomic E-state index is 12.6. The minimum Gasteiger partial charge on any atom is -0.392 e. The fourth-order valence-corrected chi connectivity index (χ4v) is 4.16. The van der Waals surface area contributed by atoms with Crippen LogP contribution in [0.25, 0.3) is 6.08 Å². The first-order valence-electron chi connectivity index (χ1n) is 9.86. The minimum absolute atomic E-state index is 0.0783. The van der Waals surface area contributed by atoms with Gasteiger partial charge in [0.25, 0.3) is 0 Å². The summed E-state index contributed by atoms with van der Waals surface area (Å²) >= 11 is 0. The van der Waals surface area contributed by atoms with Crippen molar-refractivity contribution < 1.29 is 9.90 Å². The van der Waals surface area contributed by atoms with Crippen molar-refractivity contribution in [2.75, 3.05) is 0 Å². The van der Waals surface area contributed by atoms with Crippen LogP contribution in [0.5, 0.6) is 0 Å². The molecule has 0 amide bonds. The van der Waals surface area contributed by atoms with Crippen LogP contribution in [0.15, 0.2) is 71.8 Å². The molecule has 0 heterocycles. The topological polar surface area (TPSA) is 37.3 Å². The quantitative estimate of drug-likeness (QED) is 0.573. The smallest absolute Gasteiger partial charge is 0.181 e. The second kappa shape index (κ2) is 7.62. The highest BCUT2D eigenvalue weighted by atomic mass is 16.3. The lowest BCUT2D eigenvalue weighted by atomic mass is 9.63. The summed E-state index contributed by atoms with van der Waals surface area (Å²) in [6.07, 6.45) is 6.63. The number of hydrogen-bond donors (Lipinski definition) is 1. The molecule has 1 N–H and O–H groups in total. The maximum atomic E-state index is 12.6. The van der Waals surface area contributed by atoms with Gasteiger partial charge in [0.15, 0.2) is 5.78 Å². The van der Waals surface area contributed by atoms with Gasteiger partial charge in [-0.05, 0) is 67.7 Å². The lowest BCUT2D eigenvalue weighted by Gasteiger charge is -2.43. The number of carbonyl (C=O) groups excluding carboxylic acids is 1. The van der Waals surface area contributed by atoms with Crippen LogP contribution in [0.1, 0.15) is 49.3 Å². The highest BCUT2D eigenvalue weighted by Gasteiger charge is 2.43. The SMILES string of the molecule is C[C@]12C/C(=C\c3ccc(C#Cc4ccccc4)cc3)C(=O)C=C1CCC[C@@H]2O. The normalized spacial score (nSPS) is 25.5. The van der Waals surface area contributed by atoms with Crippen molar-refractivity contribution in [3.63, 3.8) is 0 Å². The Bertz CT molecular complexity index is 1000. The second-order valence-corrected chi connectivity index (χ2v) is 7.94. The van der Waals surface area contributed by atoms with E-state index in [0.717, 1.165) is 47.1 Å². The fourth-order valence-electron chi connectivity index (χ4n) is 4.16. The van der Waals surface area contributed by atoms with Gasteiger partial charge in [0.05, 0.1) is 6.10 Å². The summed E-state index contributed by atoms with van der Waals surface area (Å²) in [5.74, 6) is 6.40. The summed E-state index contributed by atoms with van der Waals surface area (Å²) in [4.78, 5) is 12.6. The van der Waals surface area contributed by atoms with E-state index in [1.807, 2.05) is 60.7 Å². The van der Waals surface area contributed by atoms with Gasteiger partial charge in [-0.3, -0.25) is 4.79 Å². The highest BCUT2D eigenvalue weighted by Crippen LogP contribution is 2.48. The van der Waals surface area contributed by atoms with Crippen molar-refractivity contribution in [2.45, 2.75) is 38.7 Å². The van der Waals surface area contributed by atoms with Gasteiger partial charge in [-0.1, -0.05) is 54.7 Å². The van der Waals surface area contributed by atoms with Crippen molar-refractivity contribution in [3.8, 4) is 11.8 Å². The average molecular weight is 368 g/mol. The van der Waals surface area contributed by atoms with Crippen LogP contribution in [-0.4, -0.2) is 17.0 Å². The molecule has 2 aromatic rings. The number of fused-ring (bicyclic) bond motifs is 1. The van der Waals surface area contributed by atoms with Crippen LogP contribution in [0.4, 0.5) is 0 Å². The molecule has 2 aliphatic rings. The Balaban J connectivity index is 1.55. The number of rotatable bonds is 1. The monoisotopic (exact) mass is 368 g/mol. The summed E-state index contributed by atoms with van der Waals surface area (Å²) in [7, 11) is 0. The van der Waals surface area contributed by atoms with Crippen LogP contribution >= 0.6 is 0 Å². The Kier molecular flexibility index (Phi) is 5.03. The van der Waals surface area contributed by atoms with E-state index in [-0.39, 0.29) is 17.3 Å². The molecule has 140 valence electrons. The Morgan fingerprint density at radius 1 is 1.04 bits per heavy atom. The van der Waals surface area contributed by atoms with Gasteiger partial charge >= 0.3 is 0 Å². The molecular weight excluding hydrogens is 344 g/mol. The van der Waals surface area contributed by atoms with Crippen molar-refractivity contribution in [2.24, 2.45) is 5.41 Å². The zero-order chi connectivity index (χ0) is 19.6. The molecule has 2 heteroatoms. The van der Waals surface area contributed by atoms with Crippen LogP contribution in [-0.2, 0) is 4.79 Å². The average Bonchev–Trinajstić information content (AvgIpc) is 2.71.